The monoisotopic (exact) mass is 590 g/mol. The minimum absolute atomic E-state index is 0.00748. The Balaban J connectivity index is 1.86. The first-order chi connectivity index (χ1) is 14.4. The zero-order valence-electron chi connectivity index (χ0n) is 15.6. The number of benzene rings is 1. The maximum Gasteiger partial charge on any atom is 0.238 e. The number of halogens is 1. The molecular weight excluding hydrogens is 571 g/mol. The third-order valence-electron chi connectivity index (χ3n) is 4.63. The van der Waals surface area contributed by atoms with Crippen LogP contribution in [0.3, 0.4) is 0 Å². The van der Waals surface area contributed by atoms with Gasteiger partial charge in [0.2, 0.25) is 10.0 Å². The lowest BCUT2D eigenvalue weighted by Crippen LogP contribution is -2.60. The molecular formula is C15H19IN4O9S2. The van der Waals surface area contributed by atoms with Crippen molar-refractivity contribution in [3.8, 4) is 5.69 Å². The van der Waals surface area contributed by atoms with Crippen LogP contribution >= 0.6 is 22.6 Å². The van der Waals surface area contributed by atoms with Crippen molar-refractivity contribution in [2.75, 3.05) is 6.61 Å². The summed E-state index contributed by atoms with van der Waals surface area (Å²) in [4.78, 5) is -0.114. The van der Waals surface area contributed by atoms with Gasteiger partial charge in [0.05, 0.1) is 22.9 Å². The molecule has 1 aliphatic heterocycles. The Morgan fingerprint density at radius 3 is 2.23 bits per heavy atom. The number of hydrogen-bond donors (Lipinski definition) is 5. The molecule has 0 radical (unpaired) electrons. The fourth-order valence-electron chi connectivity index (χ4n) is 2.97. The van der Waals surface area contributed by atoms with Crippen molar-refractivity contribution in [2.45, 2.75) is 40.5 Å². The van der Waals surface area contributed by atoms with Crippen molar-refractivity contribution in [1.29, 1.82) is 0 Å². The fraction of sp³-hybridized carbons (Fsp3) is 0.467. The Kier molecular flexibility index (Phi) is 7.04. The number of hydrogen-bond acceptors (Lipinski definition) is 11. The van der Waals surface area contributed by atoms with Gasteiger partial charge in [-0.05, 0) is 46.9 Å². The molecule has 1 aromatic carbocycles. The van der Waals surface area contributed by atoms with E-state index in [2.05, 4.69) is 10.3 Å². The second kappa shape index (κ2) is 8.94. The molecule has 172 valence electrons. The van der Waals surface area contributed by atoms with E-state index in [1.807, 2.05) is 0 Å². The molecule has 0 bridgehead atoms. The van der Waals surface area contributed by atoms with Crippen LogP contribution < -0.4 is 5.14 Å². The summed E-state index contributed by atoms with van der Waals surface area (Å²) >= 11 is 1.80. The molecule has 2 heterocycles. The summed E-state index contributed by atoms with van der Waals surface area (Å²) in [6.07, 6.45) is -6.84. The Morgan fingerprint density at radius 2 is 1.68 bits per heavy atom. The summed E-state index contributed by atoms with van der Waals surface area (Å²) in [6, 6.07) is 5.33. The van der Waals surface area contributed by atoms with Gasteiger partial charge in [0, 0.05) is 0 Å². The molecule has 2 aromatic rings. The van der Waals surface area contributed by atoms with E-state index in [9.17, 15) is 37.3 Å². The smallest absolute Gasteiger partial charge is 0.238 e. The standard InChI is InChI=1S/C15H19IN4O9S2/c16-14-9(18-19-20(14)7-1-3-8(4-2-7)31(17,27)28)6-30(25,26)15-13(24)12(23)11(22)10(5-21)29-15/h1-4,10-13,15,21-24H,5-6H2,(H2,17,27,28)/t10-,11-,12+,13-,15+/m1/s1. The summed E-state index contributed by atoms with van der Waals surface area (Å²) in [5.74, 6) is -0.719. The molecule has 0 aliphatic carbocycles. The van der Waals surface area contributed by atoms with Crippen LogP contribution in [0.4, 0.5) is 0 Å². The maximum absolute atomic E-state index is 12.8. The van der Waals surface area contributed by atoms with Crippen LogP contribution in [0.15, 0.2) is 29.2 Å². The summed E-state index contributed by atoms with van der Waals surface area (Å²) in [7, 11) is -8.16. The highest BCUT2D eigenvalue weighted by molar-refractivity contribution is 14.1. The van der Waals surface area contributed by atoms with Crippen molar-refractivity contribution in [1.82, 2.24) is 15.0 Å². The summed E-state index contributed by atoms with van der Waals surface area (Å²) < 4.78 is 55.0. The van der Waals surface area contributed by atoms with E-state index >= 15 is 0 Å². The Bertz CT molecular complexity index is 1150. The van der Waals surface area contributed by atoms with E-state index in [0.29, 0.717) is 5.69 Å². The first-order valence-corrected chi connectivity index (χ1v) is 13.0. The zero-order chi connectivity index (χ0) is 23.1. The van der Waals surface area contributed by atoms with Crippen molar-refractivity contribution in [2.24, 2.45) is 5.14 Å². The lowest BCUT2D eigenvalue weighted by atomic mass is 10.0. The summed E-state index contributed by atoms with van der Waals surface area (Å²) in [5.41, 5.74) is -1.51. The van der Waals surface area contributed by atoms with Gasteiger partial charge in [-0.1, -0.05) is 5.21 Å². The number of sulfone groups is 1. The van der Waals surface area contributed by atoms with Crippen LogP contribution in [0.1, 0.15) is 5.69 Å². The van der Waals surface area contributed by atoms with Gasteiger partial charge < -0.3 is 25.2 Å². The highest BCUT2D eigenvalue weighted by Crippen LogP contribution is 2.27. The number of aromatic nitrogens is 3. The number of aliphatic hydroxyl groups is 4. The Labute approximate surface area is 190 Å². The van der Waals surface area contributed by atoms with Gasteiger partial charge in [-0.15, -0.1) is 5.10 Å². The minimum Gasteiger partial charge on any atom is -0.394 e. The Morgan fingerprint density at radius 1 is 1.06 bits per heavy atom. The van der Waals surface area contributed by atoms with Crippen molar-refractivity contribution in [3.63, 3.8) is 0 Å². The molecule has 3 rings (SSSR count). The molecule has 1 aromatic heterocycles. The van der Waals surface area contributed by atoms with Gasteiger partial charge in [0.15, 0.2) is 15.3 Å². The number of sulfonamides is 1. The third-order valence-corrected chi connectivity index (χ3v) is 8.41. The van der Waals surface area contributed by atoms with Gasteiger partial charge in [0.25, 0.3) is 0 Å². The first-order valence-electron chi connectivity index (χ1n) is 8.62. The van der Waals surface area contributed by atoms with Crippen LogP contribution in [-0.2, 0) is 30.4 Å². The second-order valence-corrected chi connectivity index (χ2v) is 11.4. The van der Waals surface area contributed by atoms with Crippen LogP contribution in [0.25, 0.3) is 5.69 Å². The molecule has 1 aliphatic rings. The largest absolute Gasteiger partial charge is 0.394 e. The fourth-order valence-corrected chi connectivity index (χ4v) is 6.05. The van der Waals surface area contributed by atoms with Gasteiger partial charge in [-0.3, -0.25) is 0 Å². The number of nitrogens with two attached hydrogens (primary N) is 1. The van der Waals surface area contributed by atoms with Crippen LogP contribution in [0.5, 0.6) is 0 Å². The molecule has 1 fully saturated rings. The highest BCUT2D eigenvalue weighted by atomic mass is 127. The van der Waals surface area contributed by atoms with E-state index in [4.69, 9.17) is 9.88 Å². The van der Waals surface area contributed by atoms with E-state index in [1.165, 1.54) is 28.9 Å². The first kappa shape index (κ1) is 24.4. The van der Waals surface area contributed by atoms with E-state index < -0.39 is 62.1 Å². The molecule has 0 amide bonds. The third kappa shape index (κ3) is 4.91. The summed E-state index contributed by atoms with van der Waals surface area (Å²) in [5, 5.41) is 51.7. The molecule has 13 nitrogen and oxygen atoms in total. The molecule has 31 heavy (non-hydrogen) atoms. The topological polar surface area (TPSA) is 215 Å². The van der Waals surface area contributed by atoms with Crippen LogP contribution in [0.2, 0.25) is 0 Å². The van der Waals surface area contributed by atoms with E-state index in [1.54, 1.807) is 22.6 Å². The normalized spacial score (nSPS) is 27.4. The molecule has 6 N–H and O–H groups in total. The zero-order valence-corrected chi connectivity index (χ0v) is 19.3. The summed E-state index contributed by atoms with van der Waals surface area (Å²) in [6.45, 7) is -0.765. The van der Waals surface area contributed by atoms with Crippen molar-refractivity contribution in [3.05, 3.63) is 33.7 Å². The van der Waals surface area contributed by atoms with E-state index in [0.717, 1.165) is 0 Å². The van der Waals surface area contributed by atoms with Gasteiger partial charge in [0.1, 0.15) is 33.8 Å². The number of nitrogens with zero attached hydrogens (tertiary/aromatic N) is 3. The number of primary sulfonamides is 1. The Hall–Kier alpha value is -1.25. The predicted molar refractivity (Wildman–Crippen MR) is 112 cm³/mol. The number of rotatable bonds is 6. The number of aliphatic hydroxyl groups excluding tert-OH is 4. The lowest BCUT2D eigenvalue weighted by Gasteiger charge is -2.39. The van der Waals surface area contributed by atoms with Gasteiger partial charge in [-0.2, -0.15) is 0 Å². The molecule has 0 unspecified atom stereocenters. The van der Waals surface area contributed by atoms with Gasteiger partial charge >= 0.3 is 0 Å². The van der Waals surface area contributed by atoms with Crippen LogP contribution in [0, 0.1) is 3.70 Å². The molecule has 16 heteroatoms. The molecule has 5 atom stereocenters. The molecule has 0 saturated carbocycles. The van der Waals surface area contributed by atoms with Crippen LogP contribution in [-0.4, -0.2) is 88.7 Å². The van der Waals surface area contributed by atoms with E-state index in [-0.39, 0.29) is 14.3 Å². The SMILES string of the molecule is NS(=O)(=O)c1ccc(-n2nnc(CS(=O)(=O)[C@@H]3O[C@H](CO)[C@@H](O)[C@H](O)[C@H]3O)c2I)cc1. The highest BCUT2D eigenvalue weighted by Gasteiger charge is 2.49. The average molecular weight is 590 g/mol. The molecule has 0 spiro atoms. The van der Waals surface area contributed by atoms with Crippen molar-refractivity contribution < 1.29 is 42.0 Å². The predicted octanol–water partition coefficient (Wildman–Crippen LogP) is -2.77. The van der Waals surface area contributed by atoms with Crippen molar-refractivity contribution >= 4 is 42.5 Å². The quantitative estimate of drug-likeness (QED) is 0.217. The second-order valence-electron chi connectivity index (χ2n) is 6.78. The average Bonchev–Trinajstić information content (AvgIpc) is 3.05. The minimum atomic E-state index is -4.27. The number of ether oxygens (including phenoxy) is 1. The molecule has 1 saturated heterocycles. The maximum atomic E-state index is 12.8. The van der Waals surface area contributed by atoms with Gasteiger partial charge in [-0.25, -0.2) is 26.7 Å². The lowest BCUT2D eigenvalue weighted by molar-refractivity contribution is -0.207.